The highest BCUT2D eigenvalue weighted by molar-refractivity contribution is 7.81. The summed E-state index contributed by atoms with van der Waals surface area (Å²) in [6.07, 6.45) is 7.01. The molecule has 0 bridgehead atoms. The van der Waals surface area contributed by atoms with E-state index in [-0.39, 0.29) is 5.83 Å². The number of halogens is 1. The number of ether oxygens (including phenoxy) is 1. The third-order valence-corrected chi connectivity index (χ3v) is 5.97. The van der Waals surface area contributed by atoms with Gasteiger partial charge in [0.05, 0.1) is 18.9 Å². The van der Waals surface area contributed by atoms with Crippen molar-refractivity contribution in [1.82, 2.24) is 10.2 Å². The fourth-order valence-corrected chi connectivity index (χ4v) is 4.13. The predicted molar refractivity (Wildman–Crippen MR) is 131 cm³/mol. The largest absolute Gasteiger partial charge is 0.378 e. The number of hydrogen-bond donors (Lipinski definition) is 1. The molecule has 1 aliphatic carbocycles. The molecule has 0 unspecified atom stereocenters. The molecule has 1 N–H and O–H groups in total. The SMILES string of the molecule is C=CNc1cc(N2CCOCC2)ccc1C(C)=C1C=C(Cc2cccnn2)C(=S)C=C1F. The first kappa shape index (κ1) is 22.0. The number of rotatable bonds is 6. The molecule has 2 heterocycles. The van der Waals surface area contributed by atoms with Crippen LogP contribution in [0.4, 0.5) is 15.8 Å². The van der Waals surface area contributed by atoms with Gasteiger partial charge in [-0.3, -0.25) is 0 Å². The van der Waals surface area contributed by atoms with Crippen LogP contribution in [0, 0.1) is 0 Å². The summed E-state index contributed by atoms with van der Waals surface area (Å²) in [5.41, 5.74) is 5.85. The lowest BCUT2D eigenvalue weighted by Crippen LogP contribution is -2.36. The minimum atomic E-state index is -0.336. The number of benzene rings is 1. The topological polar surface area (TPSA) is 50.3 Å². The average Bonchev–Trinajstić information content (AvgIpc) is 2.82. The second kappa shape index (κ2) is 9.97. The molecular formula is C25H25FN4OS. The van der Waals surface area contributed by atoms with Crippen molar-refractivity contribution in [2.45, 2.75) is 13.3 Å². The van der Waals surface area contributed by atoms with Gasteiger partial charge in [-0.15, -0.1) is 0 Å². The van der Waals surface area contributed by atoms with Gasteiger partial charge in [0.1, 0.15) is 5.83 Å². The zero-order valence-electron chi connectivity index (χ0n) is 18.0. The Kier molecular flexibility index (Phi) is 6.87. The molecule has 0 amide bonds. The van der Waals surface area contributed by atoms with Crippen molar-refractivity contribution >= 4 is 34.0 Å². The lowest BCUT2D eigenvalue weighted by molar-refractivity contribution is 0.122. The van der Waals surface area contributed by atoms with Crippen molar-refractivity contribution in [1.29, 1.82) is 0 Å². The van der Waals surface area contributed by atoms with Crippen molar-refractivity contribution in [3.05, 3.63) is 89.7 Å². The molecule has 0 atom stereocenters. The van der Waals surface area contributed by atoms with Gasteiger partial charge in [0.2, 0.25) is 0 Å². The first-order chi connectivity index (χ1) is 15.6. The van der Waals surface area contributed by atoms with E-state index in [1.165, 1.54) is 6.08 Å². The summed E-state index contributed by atoms with van der Waals surface area (Å²) in [6, 6.07) is 9.88. The maximum absolute atomic E-state index is 15.0. The second-order valence-corrected chi connectivity index (χ2v) is 8.07. The van der Waals surface area contributed by atoms with Crippen molar-refractivity contribution < 1.29 is 9.13 Å². The van der Waals surface area contributed by atoms with Gasteiger partial charge < -0.3 is 15.0 Å². The predicted octanol–water partition coefficient (Wildman–Crippen LogP) is 5.05. The smallest absolute Gasteiger partial charge is 0.132 e. The normalized spacial score (nSPS) is 18.1. The molecule has 4 rings (SSSR count). The monoisotopic (exact) mass is 448 g/mol. The van der Waals surface area contributed by atoms with Gasteiger partial charge in [0, 0.05) is 53.1 Å². The van der Waals surface area contributed by atoms with Crippen LogP contribution in [0.2, 0.25) is 0 Å². The summed E-state index contributed by atoms with van der Waals surface area (Å²) in [4.78, 5) is 2.76. The van der Waals surface area contributed by atoms with E-state index < -0.39 is 0 Å². The van der Waals surface area contributed by atoms with Gasteiger partial charge in [-0.05, 0) is 60.7 Å². The maximum atomic E-state index is 15.0. The van der Waals surface area contributed by atoms with E-state index >= 15 is 4.39 Å². The highest BCUT2D eigenvalue weighted by Gasteiger charge is 2.20. The van der Waals surface area contributed by atoms with E-state index in [2.05, 4.69) is 39.1 Å². The molecule has 7 heteroatoms. The molecule has 5 nitrogen and oxygen atoms in total. The zero-order chi connectivity index (χ0) is 22.5. The van der Waals surface area contributed by atoms with E-state index in [0.29, 0.717) is 30.1 Å². The van der Waals surface area contributed by atoms with Crippen LogP contribution in [0.25, 0.3) is 5.57 Å². The Labute approximate surface area is 193 Å². The highest BCUT2D eigenvalue weighted by Crippen LogP contribution is 2.36. The van der Waals surface area contributed by atoms with Crippen molar-refractivity contribution in [3.8, 4) is 0 Å². The fourth-order valence-electron chi connectivity index (χ4n) is 3.90. The Balaban J connectivity index is 1.72. The third-order valence-electron chi connectivity index (χ3n) is 5.59. The average molecular weight is 449 g/mol. The van der Waals surface area contributed by atoms with Gasteiger partial charge in [0.25, 0.3) is 0 Å². The number of morpholine rings is 1. The van der Waals surface area contributed by atoms with Crippen LogP contribution in [-0.4, -0.2) is 41.4 Å². The summed E-state index contributed by atoms with van der Waals surface area (Å²) in [7, 11) is 0. The number of aromatic nitrogens is 2. The Morgan fingerprint density at radius 2 is 2.09 bits per heavy atom. The van der Waals surface area contributed by atoms with Crippen molar-refractivity contribution in [3.63, 3.8) is 0 Å². The van der Waals surface area contributed by atoms with Crippen LogP contribution in [0.15, 0.2) is 78.4 Å². The van der Waals surface area contributed by atoms with Crippen LogP contribution in [0.1, 0.15) is 18.2 Å². The number of allylic oxidation sites excluding steroid dienone is 6. The minimum Gasteiger partial charge on any atom is -0.378 e. The Morgan fingerprint density at radius 3 is 2.81 bits per heavy atom. The highest BCUT2D eigenvalue weighted by atomic mass is 32.1. The molecule has 0 radical (unpaired) electrons. The molecule has 1 aromatic heterocycles. The Morgan fingerprint density at radius 1 is 1.28 bits per heavy atom. The van der Waals surface area contributed by atoms with Crippen LogP contribution in [-0.2, 0) is 11.2 Å². The zero-order valence-corrected chi connectivity index (χ0v) is 18.8. The molecular weight excluding hydrogens is 423 g/mol. The first-order valence-electron chi connectivity index (χ1n) is 10.5. The number of hydrogen-bond acceptors (Lipinski definition) is 6. The van der Waals surface area contributed by atoms with Gasteiger partial charge >= 0.3 is 0 Å². The fraction of sp³-hybridized carbons (Fsp3) is 0.240. The molecule has 1 aliphatic heterocycles. The maximum Gasteiger partial charge on any atom is 0.132 e. The second-order valence-electron chi connectivity index (χ2n) is 7.63. The molecule has 2 aliphatic rings. The molecule has 1 aromatic carbocycles. The summed E-state index contributed by atoms with van der Waals surface area (Å²) < 4.78 is 20.5. The first-order valence-corrected chi connectivity index (χ1v) is 10.9. The van der Waals surface area contributed by atoms with Gasteiger partial charge in [0.15, 0.2) is 0 Å². The van der Waals surface area contributed by atoms with E-state index in [1.807, 2.05) is 31.2 Å². The lowest BCUT2D eigenvalue weighted by Gasteiger charge is -2.29. The lowest BCUT2D eigenvalue weighted by atomic mass is 9.91. The van der Waals surface area contributed by atoms with Gasteiger partial charge in [-0.25, -0.2) is 4.39 Å². The minimum absolute atomic E-state index is 0.336. The summed E-state index contributed by atoms with van der Waals surface area (Å²) in [5, 5.41) is 11.3. The molecule has 2 aromatic rings. The van der Waals surface area contributed by atoms with Gasteiger partial charge in [-0.1, -0.05) is 24.9 Å². The van der Waals surface area contributed by atoms with Crippen LogP contribution < -0.4 is 10.2 Å². The third kappa shape index (κ3) is 4.84. The summed E-state index contributed by atoms with van der Waals surface area (Å²) >= 11 is 5.42. The molecule has 164 valence electrons. The van der Waals surface area contributed by atoms with Crippen LogP contribution in [0.5, 0.6) is 0 Å². The van der Waals surface area contributed by atoms with Crippen LogP contribution >= 0.6 is 12.2 Å². The van der Waals surface area contributed by atoms with Crippen LogP contribution in [0.3, 0.4) is 0 Å². The number of thiocarbonyl (C=S) groups is 1. The molecule has 1 fully saturated rings. The number of anilines is 2. The molecule has 1 saturated heterocycles. The Hall–Kier alpha value is -3.16. The Bertz CT molecular complexity index is 1120. The summed E-state index contributed by atoms with van der Waals surface area (Å²) in [6.45, 7) is 8.84. The van der Waals surface area contributed by atoms with Gasteiger partial charge in [-0.2, -0.15) is 10.2 Å². The number of nitrogens with one attached hydrogen (secondary N) is 1. The molecule has 0 spiro atoms. The van der Waals surface area contributed by atoms with E-state index in [0.717, 1.165) is 46.9 Å². The quantitative estimate of drug-likeness (QED) is 0.625. The standard InChI is InChI=1S/C25H25FN4OS/c1-3-27-24-15-20(30-9-11-31-12-10-30)6-7-21(24)17(2)22-14-18(25(32)16-23(22)26)13-19-5-4-8-28-29-19/h3-8,14-16,27H,1,9-13H2,2H3. The van der Waals surface area contributed by atoms with E-state index in [1.54, 1.807) is 12.4 Å². The molecule has 0 saturated carbocycles. The molecule has 32 heavy (non-hydrogen) atoms. The summed E-state index contributed by atoms with van der Waals surface area (Å²) in [5.74, 6) is -0.336. The van der Waals surface area contributed by atoms with Crippen molar-refractivity contribution in [2.75, 3.05) is 36.5 Å². The van der Waals surface area contributed by atoms with E-state index in [4.69, 9.17) is 17.0 Å². The van der Waals surface area contributed by atoms with E-state index in [9.17, 15) is 0 Å². The number of nitrogens with zero attached hydrogens (tertiary/aromatic N) is 3. The van der Waals surface area contributed by atoms with Crippen molar-refractivity contribution in [2.24, 2.45) is 0 Å².